The molecule has 0 amide bonds. The molecule has 3 saturated heterocycles. The summed E-state index contributed by atoms with van der Waals surface area (Å²) in [6, 6.07) is 35.3. The van der Waals surface area contributed by atoms with Gasteiger partial charge in [-0.1, -0.05) is 129 Å². The van der Waals surface area contributed by atoms with Gasteiger partial charge in [-0.3, -0.25) is 28.4 Å². The molecule has 12 aromatic rings. The predicted molar refractivity (Wildman–Crippen MR) is 473 cm³/mol. The molecule has 18 rings (SSSR count). The van der Waals surface area contributed by atoms with Crippen LogP contribution in [-0.4, -0.2) is 192 Å². The van der Waals surface area contributed by atoms with E-state index in [1.54, 1.807) is 27.9 Å². The van der Waals surface area contributed by atoms with Crippen molar-refractivity contribution in [2.75, 3.05) is 123 Å². The fourth-order valence-electron chi connectivity index (χ4n) is 16.8. The second kappa shape index (κ2) is 41.1. The standard InChI is InChI=1S/C23H32N6O3.C23H30N6O.C22H30N6O3.C22H28N6O/c1-31-10-11-32-22-27-20(24)19-21(28-22)29(23(30)26-19)15-18-9-5-8-17(12-18)14-25-13-16-6-3-2-4-7-16;1-16-25-20-21(24)26-23(30-12-9-17-7-8-17)27-22(20)29(16)15-19-6-4-5-18(13-19)14-28-10-2-3-11-28;1-3-27-18-19(23)24-21(31-12-11-30-2)25-20(18)28(22(27)29)15-17-8-6-7-16(13-17)14-26-9-4-5-10-26;1-15-24-19-20(23)25-22(29-14-16-7-8-16)26-21(19)28(15)13-18-6-4-5-17(11-18)12-27-9-2-3-10-27/h5,8-9,12,16,25H,2-4,6-7,10-11,13-15H2,1H3,(H,26,30)(H2,24,27,28);4-6,13,17H,2-3,7-12,14-15H2,1H3,(H2,24,26,27);6-8,13H,3-5,9-12,14-15H2,1-2H3,(H2,23,24,25);4-6,11,16H,2-3,7-10,12-14H2,1H3,(H2,23,25,26). The van der Waals surface area contributed by atoms with Gasteiger partial charge in [-0.05, 0) is 199 Å². The van der Waals surface area contributed by atoms with Crippen LogP contribution >= 0.6 is 0 Å². The summed E-state index contributed by atoms with van der Waals surface area (Å²) in [5.41, 5.74) is 38.5. The normalized spacial score (nSPS) is 15.9. The topological polar surface area (TPSA) is 385 Å². The first-order valence-corrected chi connectivity index (χ1v) is 43.8. The summed E-state index contributed by atoms with van der Waals surface area (Å²) in [6.45, 7) is 23.2. The molecule has 32 heteroatoms. The van der Waals surface area contributed by atoms with E-state index < -0.39 is 0 Å². The third kappa shape index (κ3) is 22.6. The van der Waals surface area contributed by atoms with Gasteiger partial charge in [0.05, 0.1) is 52.6 Å². The smallest absolute Gasteiger partial charge is 0.330 e. The number of aryl methyl sites for hydroxylation is 3. The molecule has 3 saturated carbocycles. The van der Waals surface area contributed by atoms with Crippen molar-refractivity contribution in [2.24, 2.45) is 17.8 Å². The third-order valence-electron chi connectivity index (χ3n) is 23.7. The van der Waals surface area contributed by atoms with E-state index in [1.165, 1.54) is 156 Å². The van der Waals surface area contributed by atoms with Crippen molar-refractivity contribution in [1.82, 2.24) is 97.7 Å². The van der Waals surface area contributed by atoms with E-state index in [9.17, 15) is 9.59 Å². The molecule has 3 aliphatic heterocycles. The Morgan fingerprint density at radius 2 is 0.811 bits per heavy atom. The highest BCUT2D eigenvalue weighted by Gasteiger charge is 2.27. The predicted octanol–water partition coefficient (Wildman–Crippen LogP) is 11.0. The number of nitrogen functional groups attached to an aromatic ring is 4. The van der Waals surface area contributed by atoms with E-state index in [2.05, 4.69) is 157 Å². The van der Waals surface area contributed by atoms with E-state index in [-0.39, 0.29) is 35.0 Å². The fourth-order valence-corrected chi connectivity index (χ4v) is 16.8. The largest absolute Gasteiger partial charge is 0.463 e. The number of anilines is 4. The van der Waals surface area contributed by atoms with Crippen LogP contribution in [0.2, 0.25) is 0 Å². The number of hydrogen-bond donors (Lipinski definition) is 6. The van der Waals surface area contributed by atoms with E-state index >= 15 is 0 Å². The number of imidazole rings is 4. The number of ether oxygens (including phenoxy) is 6. The number of fused-ring (bicyclic) bond motifs is 4. The number of nitrogens with zero attached hydrogens (tertiary/aromatic N) is 18. The number of rotatable bonds is 34. The summed E-state index contributed by atoms with van der Waals surface area (Å²) in [5, 5.41) is 3.60. The zero-order chi connectivity index (χ0) is 84.4. The number of aromatic amines is 1. The van der Waals surface area contributed by atoms with Gasteiger partial charge in [-0.25, -0.2) is 19.6 Å². The Bertz CT molecular complexity index is 5610. The van der Waals surface area contributed by atoms with Crippen LogP contribution < -0.4 is 58.6 Å². The van der Waals surface area contributed by atoms with Crippen molar-refractivity contribution in [3.8, 4) is 24.0 Å². The minimum atomic E-state index is -0.282. The van der Waals surface area contributed by atoms with Crippen molar-refractivity contribution in [2.45, 2.75) is 182 Å². The van der Waals surface area contributed by atoms with Crippen LogP contribution in [-0.2, 0) is 68.4 Å². The molecule has 4 aromatic carbocycles. The number of H-pyrrole nitrogens is 1. The van der Waals surface area contributed by atoms with Gasteiger partial charge in [0.1, 0.15) is 35.9 Å². The zero-order valence-electron chi connectivity index (χ0n) is 71.5. The van der Waals surface area contributed by atoms with Crippen molar-refractivity contribution in [3.05, 3.63) is 174 Å². The number of nitrogens with one attached hydrogen (secondary N) is 2. The Balaban J connectivity index is 0.000000126. The van der Waals surface area contributed by atoms with Gasteiger partial charge in [-0.2, -0.15) is 39.9 Å². The Morgan fingerprint density at radius 3 is 1.29 bits per heavy atom. The fraction of sp³-hybridized carbons (Fsp3) is 0.511. The number of methoxy groups -OCH3 is 2. The van der Waals surface area contributed by atoms with E-state index in [4.69, 9.17) is 51.4 Å². The zero-order valence-corrected chi connectivity index (χ0v) is 71.5. The molecule has 0 atom stereocenters. The number of benzene rings is 4. The third-order valence-corrected chi connectivity index (χ3v) is 23.7. The first kappa shape index (κ1) is 85.8. The first-order chi connectivity index (χ1) is 59.5. The van der Waals surface area contributed by atoms with Crippen molar-refractivity contribution >= 4 is 67.9 Å². The monoisotopic (exact) mass is 1660 g/mol. The van der Waals surface area contributed by atoms with E-state index in [0.29, 0.717) is 135 Å². The van der Waals surface area contributed by atoms with Gasteiger partial charge in [0.2, 0.25) is 0 Å². The lowest BCUT2D eigenvalue weighted by Crippen LogP contribution is -2.24. The lowest BCUT2D eigenvalue weighted by atomic mass is 9.89. The van der Waals surface area contributed by atoms with Gasteiger partial charge in [0, 0.05) is 46.9 Å². The second-order valence-corrected chi connectivity index (χ2v) is 33.3. The summed E-state index contributed by atoms with van der Waals surface area (Å²) in [5.74, 6) is 5.18. The maximum absolute atomic E-state index is 13.1. The van der Waals surface area contributed by atoms with E-state index in [1.807, 2.05) is 45.0 Å². The molecule has 3 aliphatic carbocycles. The summed E-state index contributed by atoms with van der Waals surface area (Å²) in [7, 11) is 3.18. The molecule has 0 bridgehead atoms. The van der Waals surface area contributed by atoms with Crippen LogP contribution in [0.5, 0.6) is 24.0 Å². The summed E-state index contributed by atoms with van der Waals surface area (Å²) in [4.78, 5) is 80.4. The summed E-state index contributed by atoms with van der Waals surface area (Å²) in [6.07, 6.45) is 20.7. The SMILES string of the molecule is CCn1c(=O)n(Cc2cccc(CN3CCCC3)c2)c2nc(OCCOC)nc(N)c21.COCCOc1nc(N)c2[nH]c(=O)n(Cc3cccc(CNCC4CCCCC4)c3)c2n1.Cc1nc2c(N)nc(OCC3CC3)nc2n1Cc1cccc(CN2CCCC2)c1.Cc1nc2c(N)nc(OCCC3CC3)nc2n1Cc1cccc(CN2CCCC2)c1. The molecule has 122 heavy (non-hydrogen) atoms. The Hall–Kier alpha value is -11.2. The molecule has 0 unspecified atom stereocenters. The Kier molecular flexibility index (Phi) is 28.9. The Morgan fingerprint density at radius 1 is 0.402 bits per heavy atom. The molecule has 6 fully saturated rings. The molecule has 10 N–H and O–H groups in total. The van der Waals surface area contributed by atoms with Crippen LogP contribution in [0.3, 0.4) is 0 Å². The van der Waals surface area contributed by atoms with Gasteiger partial charge in [0.15, 0.2) is 56.9 Å². The maximum atomic E-state index is 13.1. The quantitative estimate of drug-likeness (QED) is 0.0204. The molecule has 11 heterocycles. The van der Waals surface area contributed by atoms with Crippen LogP contribution in [0.4, 0.5) is 23.3 Å². The lowest BCUT2D eigenvalue weighted by Gasteiger charge is -2.21. The number of aromatic nitrogens is 16. The lowest BCUT2D eigenvalue weighted by molar-refractivity contribution is 0.141. The molecule has 648 valence electrons. The molecule has 32 nitrogen and oxygen atoms in total. The van der Waals surface area contributed by atoms with Crippen LogP contribution in [0, 0.1) is 31.6 Å². The highest BCUT2D eigenvalue weighted by Crippen LogP contribution is 2.34. The van der Waals surface area contributed by atoms with Crippen molar-refractivity contribution in [1.29, 1.82) is 0 Å². The maximum Gasteiger partial charge on any atom is 0.330 e. The van der Waals surface area contributed by atoms with Crippen LogP contribution in [0.1, 0.15) is 166 Å². The molecule has 6 aliphatic rings. The highest BCUT2D eigenvalue weighted by atomic mass is 16.5. The molecular formula is C90H120N24O8. The number of nitrogens with two attached hydrogens (primary N) is 4. The summed E-state index contributed by atoms with van der Waals surface area (Å²) < 4.78 is 41.7. The van der Waals surface area contributed by atoms with Gasteiger partial charge in [-0.15, -0.1) is 0 Å². The first-order valence-electron chi connectivity index (χ1n) is 43.8. The second-order valence-electron chi connectivity index (χ2n) is 33.3. The van der Waals surface area contributed by atoms with Gasteiger partial charge in [0.25, 0.3) is 0 Å². The van der Waals surface area contributed by atoms with Crippen LogP contribution in [0.15, 0.2) is 107 Å². The van der Waals surface area contributed by atoms with Crippen molar-refractivity contribution < 1.29 is 28.4 Å². The molecule has 0 radical (unpaired) electrons. The van der Waals surface area contributed by atoms with Gasteiger partial charge < -0.3 is 70.8 Å². The number of hydrogen-bond acceptors (Lipinski definition) is 26. The minimum Gasteiger partial charge on any atom is -0.463 e. The average molecular weight is 1670 g/mol. The number of likely N-dealkylation sites (tertiary alicyclic amines) is 3. The minimum absolute atomic E-state index is 0.125. The Labute approximate surface area is 711 Å². The van der Waals surface area contributed by atoms with E-state index in [0.717, 1.165) is 98.1 Å². The average Bonchev–Trinajstić information content (AvgIpc) is 1.57. The highest BCUT2D eigenvalue weighted by molar-refractivity contribution is 5.85. The summed E-state index contributed by atoms with van der Waals surface area (Å²) >= 11 is 0. The van der Waals surface area contributed by atoms with Crippen molar-refractivity contribution in [3.63, 3.8) is 0 Å². The molecule has 0 spiro atoms. The molecular weight excluding hydrogens is 1550 g/mol. The van der Waals surface area contributed by atoms with Gasteiger partial charge >= 0.3 is 35.4 Å². The van der Waals surface area contributed by atoms with Crippen LogP contribution in [0.25, 0.3) is 44.7 Å². The molecule has 8 aromatic heterocycles.